The zero-order valence-corrected chi connectivity index (χ0v) is 7.79. The second-order valence-electron chi connectivity index (χ2n) is 3.56. The Bertz CT molecular complexity index is 305. The van der Waals surface area contributed by atoms with Crippen LogP contribution < -0.4 is 4.74 Å². The van der Waals surface area contributed by atoms with Crippen molar-refractivity contribution in [3.8, 4) is 5.75 Å². The minimum absolute atomic E-state index is 0.296. The highest BCUT2D eigenvalue weighted by Gasteiger charge is 2.16. The topological polar surface area (TPSA) is 29.5 Å². The minimum atomic E-state index is -0.296. The Balaban J connectivity index is 2.30. The molecule has 0 aromatic heterocycles. The van der Waals surface area contributed by atoms with E-state index in [-0.39, 0.29) is 6.10 Å². The van der Waals surface area contributed by atoms with Gasteiger partial charge in [0.15, 0.2) is 0 Å². The molecule has 0 fully saturated rings. The van der Waals surface area contributed by atoms with Crippen LogP contribution >= 0.6 is 0 Å². The van der Waals surface area contributed by atoms with Crippen LogP contribution in [0.2, 0.25) is 0 Å². The van der Waals surface area contributed by atoms with Crippen molar-refractivity contribution in [2.45, 2.75) is 25.9 Å². The van der Waals surface area contributed by atoms with Crippen molar-refractivity contribution in [3.05, 3.63) is 29.3 Å². The molecule has 0 amide bonds. The highest BCUT2D eigenvalue weighted by molar-refractivity contribution is 5.44. The molecule has 0 aliphatic carbocycles. The first-order valence-corrected chi connectivity index (χ1v) is 4.69. The molecule has 70 valence electrons. The first-order chi connectivity index (χ1) is 6.27. The van der Waals surface area contributed by atoms with E-state index in [0.717, 1.165) is 24.3 Å². The Morgan fingerprint density at radius 1 is 1.54 bits per heavy atom. The van der Waals surface area contributed by atoms with Crippen molar-refractivity contribution in [1.29, 1.82) is 0 Å². The van der Waals surface area contributed by atoms with Crippen molar-refractivity contribution in [1.82, 2.24) is 0 Å². The van der Waals surface area contributed by atoms with Crippen LogP contribution in [0.4, 0.5) is 0 Å². The van der Waals surface area contributed by atoms with E-state index in [1.54, 1.807) is 6.92 Å². The zero-order chi connectivity index (χ0) is 9.26. The van der Waals surface area contributed by atoms with Crippen molar-refractivity contribution in [3.63, 3.8) is 0 Å². The number of ether oxygens (including phenoxy) is 1. The first kappa shape index (κ1) is 8.57. The second kappa shape index (κ2) is 3.38. The van der Waals surface area contributed by atoms with Gasteiger partial charge in [0, 0.05) is 12.8 Å². The summed E-state index contributed by atoms with van der Waals surface area (Å²) in [6, 6.07) is 6.15. The smallest absolute Gasteiger partial charge is 0.125 e. The van der Waals surface area contributed by atoms with E-state index in [0.29, 0.717) is 6.42 Å². The van der Waals surface area contributed by atoms with Crippen LogP contribution in [-0.4, -0.2) is 17.8 Å². The maximum absolute atomic E-state index is 9.28. The lowest BCUT2D eigenvalue weighted by molar-refractivity contribution is 0.194. The van der Waals surface area contributed by atoms with Gasteiger partial charge in [0.05, 0.1) is 12.7 Å². The number of hydrogen-bond donors (Lipinski definition) is 1. The number of fused-ring (bicyclic) bond motifs is 1. The summed E-state index contributed by atoms with van der Waals surface area (Å²) in [5, 5.41) is 9.28. The summed E-state index contributed by atoms with van der Waals surface area (Å²) < 4.78 is 5.52. The molecule has 1 aliphatic rings. The fourth-order valence-corrected chi connectivity index (χ4v) is 1.76. The third-order valence-electron chi connectivity index (χ3n) is 2.31. The largest absolute Gasteiger partial charge is 0.493 e. The van der Waals surface area contributed by atoms with E-state index in [4.69, 9.17) is 4.74 Å². The quantitative estimate of drug-likeness (QED) is 0.744. The van der Waals surface area contributed by atoms with Gasteiger partial charge in [-0.3, -0.25) is 0 Å². The maximum atomic E-state index is 9.28. The molecule has 0 saturated carbocycles. The van der Waals surface area contributed by atoms with Gasteiger partial charge in [-0.15, -0.1) is 0 Å². The average Bonchev–Trinajstić information content (AvgIpc) is 2.51. The molecule has 1 aromatic carbocycles. The van der Waals surface area contributed by atoms with Crippen molar-refractivity contribution >= 4 is 0 Å². The molecule has 1 N–H and O–H groups in total. The molecular formula is C11H14O2. The number of hydrogen-bond acceptors (Lipinski definition) is 2. The number of rotatable bonds is 2. The zero-order valence-electron chi connectivity index (χ0n) is 7.79. The van der Waals surface area contributed by atoms with E-state index < -0.39 is 0 Å². The molecular weight excluding hydrogens is 164 g/mol. The third kappa shape index (κ3) is 1.68. The summed E-state index contributed by atoms with van der Waals surface area (Å²) >= 11 is 0. The average molecular weight is 178 g/mol. The van der Waals surface area contributed by atoms with Gasteiger partial charge in [0.1, 0.15) is 5.75 Å². The van der Waals surface area contributed by atoms with Crippen LogP contribution in [-0.2, 0) is 12.8 Å². The highest BCUT2D eigenvalue weighted by atomic mass is 16.5. The van der Waals surface area contributed by atoms with Crippen LogP contribution in [0.25, 0.3) is 0 Å². The van der Waals surface area contributed by atoms with E-state index in [1.165, 1.54) is 5.56 Å². The van der Waals surface area contributed by atoms with Crippen LogP contribution in [0.1, 0.15) is 18.1 Å². The molecule has 0 radical (unpaired) electrons. The molecule has 1 aromatic rings. The minimum Gasteiger partial charge on any atom is -0.493 e. The summed E-state index contributed by atoms with van der Waals surface area (Å²) in [5.74, 6) is 1.00. The van der Waals surface area contributed by atoms with Crippen molar-refractivity contribution < 1.29 is 9.84 Å². The van der Waals surface area contributed by atoms with E-state index in [1.807, 2.05) is 12.1 Å². The summed E-state index contributed by atoms with van der Waals surface area (Å²) in [7, 11) is 0. The molecule has 1 aliphatic heterocycles. The monoisotopic (exact) mass is 178 g/mol. The highest BCUT2D eigenvalue weighted by Crippen LogP contribution is 2.29. The fourth-order valence-electron chi connectivity index (χ4n) is 1.76. The predicted molar refractivity (Wildman–Crippen MR) is 51.0 cm³/mol. The van der Waals surface area contributed by atoms with Gasteiger partial charge in [-0.25, -0.2) is 0 Å². The molecule has 0 spiro atoms. The van der Waals surface area contributed by atoms with Crippen molar-refractivity contribution in [2.75, 3.05) is 6.61 Å². The standard InChI is InChI=1S/C11H14O2/c1-8(12)7-10-4-2-3-9-5-6-13-11(9)10/h2-4,8,12H,5-7H2,1H3/t8-/m1/s1. The Hall–Kier alpha value is -1.02. The lowest BCUT2D eigenvalue weighted by Gasteiger charge is -2.09. The SMILES string of the molecule is C[C@@H](O)Cc1cccc2c1OCC2. The van der Waals surface area contributed by atoms with Gasteiger partial charge in [0.2, 0.25) is 0 Å². The molecule has 1 heterocycles. The third-order valence-corrected chi connectivity index (χ3v) is 2.31. The summed E-state index contributed by atoms with van der Waals surface area (Å²) in [6.07, 6.45) is 1.39. The van der Waals surface area contributed by atoms with Crippen LogP contribution in [0.3, 0.4) is 0 Å². The second-order valence-corrected chi connectivity index (χ2v) is 3.56. The van der Waals surface area contributed by atoms with E-state index >= 15 is 0 Å². The Labute approximate surface area is 78.2 Å². The number of aliphatic hydroxyl groups is 1. The van der Waals surface area contributed by atoms with E-state index in [9.17, 15) is 5.11 Å². The molecule has 13 heavy (non-hydrogen) atoms. The van der Waals surface area contributed by atoms with Gasteiger partial charge < -0.3 is 9.84 Å². The lowest BCUT2D eigenvalue weighted by Crippen LogP contribution is -2.05. The fraction of sp³-hybridized carbons (Fsp3) is 0.455. The normalized spacial score (nSPS) is 16.5. The summed E-state index contributed by atoms with van der Waals surface area (Å²) in [6.45, 7) is 2.58. The van der Waals surface area contributed by atoms with Gasteiger partial charge in [0.25, 0.3) is 0 Å². The van der Waals surface area contributed by atoms with Crippen LogP contribution in [0.5, 0.6) is 5.75 Å². The summed E-state index contributed by atoms with van der Waals surface area (Å²) in [5.41, 5.74) is 2.41. The van der Waals surface area contributed by atoms with Crippen LogP contribution in [0, 0.1) is 0 Å². The number of benzene rings is 1. The molecule has 2 rings (SSSR count). The van der Waals surface area contributed by atoms with E-state index in [2.05, 4.69) is 6.07 Å². The first-order valence-electron chi connectivity index (χ1n) is 4.69. The lowest BCUT2D eigenvalue weighted by atomic mass is 10.0. The molecule has 0 saturated heterocycles. The Morgan fingerprint density at radius 2 is 2.38 bits per heavy atom. The van der Waals surface area contributed by atoms with Gasteiger partial charge >= 0.3 is 0 Å². The number of aliphatic hydroxyl groups excluding tert-OH is 1. The van der Waals surface area contributed by atoms with Crippen LogP contribution in [0.15, 0.2) is 18.2 Å². The Kier molecular flexibility index (Phi) is 2.23. The molecule has 0 bridgehead atoms. The predicted octanol–water partition coefficient (Wildman–Crippen LogP) is 1.54. The molecule has 2 nitrogen and oxygen atoms in total. The van der Waals surface area contributed by atoms with Gasteiger partial charge in [-0.1, -0.05) is 18.2 Å². The number of para-hydroxylation sites is 1. The molecule has 0 unspecified atom stereocenters. The van der Waals surface area contributed by atoms with Gasteiger partial charge in [-0.2, -0.15) is 0 Å². The summed E-state index contributed by atoms with van der Waals surface area (Å²) in [4.78, 5) is 0. The Morgan fingerprint density at radius 3 is 3.15 bits per heavy atom. The maximum Gasteiger partial charge on any atom is 0.125 e. The van der Waals surface area contributed by atoms with Gasteiger partial charge in [-0.05, 0) is 18.1 Å². The van der Waals surface area contributed by atoms with Crippen molar-refractivity contribution in [2.24, 2.45) is 0 Å². The molecule has 1 atom stereocenters. The molecule has 2 heteroatoms.